The lowest BCUT2D eigenvalue weighted by Crippen LogP contribution is -2.14. The monoisotopic (exact) mass is 417 g/mol. The number of benzene rings is 1. The van der Waals surface area contributed by atoms with E-state index in [1.807, 2.05) is 11.5 Å². The topological polar surface area (TPSA) is 130 Å². The molecule has 0 aliphatic rings. The molecule has 0 saturated heterocycles. The third-order valence-electron chi connectivity index (χ3n) is 3.94. The number of aryl methyl sites for hydroxylation is 1. The average molecular weight is 417 g/mol. The van der Waals surface area contributed by atoms with Gasteiger partial charge in [0, 0.05) is 37.6 Å². The molecule has 3 aromatic rings. The highest BCUT2D eigenvalue weighted by molar-refractivity contribution is 7.99. The number of nitro benzene ring substituents is 1. The van der Waals surface area contributed by atoms with E-state index < -0.39 is 4.92 Å². The highest BCUT2D eigenvalue weighted by Gasteiger charge is 2.20. The van der Waals surface area contributed by atoms with Gasteiger partial charge in [0.05, 0.1) is 17.8 Å². The Hall–Kier alpha value is -3.41. The van der Waals surface area contributed by atoms with Crippen LogP contribution in [0.15, 0.2) is 35.6 Å². The van der Waals surface area contributed by atoms with Gasteiger partial charge in [0.25, 0.3) is 5.69 Å². The fraction of sp³-hybridized carbons (Fsp3) is 0.294. The normalized spacial score (nSPS) is 10.7. The van der Waals surface area contributed by atoms with Crippen molar-refractivity contribution in [3.05, 3.63) is 40.6 Å². The summed E-state index contributed by atoms with van der Waals surface area (Å²) in [4.78, 5) is 22.6. The van der Waals surface area contributed by atoms with Crippen LogP contribution in [0.25, 0.3) is 11.4 Å². The number of ether oxygens (including phenoxy) is 1. The van der Waals surface area contributed by atoms with Gasteiger partial charge in [-0.15, -0.1) is 15.3 Å². The van der Waals surface area contributed by atoms with Crippen molar-refractivity contribution >= 4 is 29.0 Å². The summed E-state index contributed by atoms with van der Waals surface area (Å²) in [6.07, 6.45) is 1.79. The Bertz CT molecular complexity index is 1050. The second-order valence-corrected chi connectivity index (χ2v) is 6.86. The van der Waals surface area contributed by atoms with Gasteiger partial charge in [-0.1, -0.05) is 17.8 Å². The van der Waals surface area contributed by atoms with Crippen LogP contribution >= 0.6 is 11.8 Å². The van der Waals surface area contributed by atoms with Crippen LogP contribution in [0.3, 0.4) is 0 Å². The largest absolute Gasteiger partial charge is 0.479 e. The smallest absolute Gasteiger partial charge is 0.271 e. The van der Waals surface area contributed by atoms with Crippen LogP contribution in [0.1, 0.15) is 6.92 Å². The summed E-state index contributed by atoms with van der Waals surface area (Å²) >= 11 is 1.22. The number of thioether (sulfide) groups is 1. The van der Waals surface area contributed by atoms with E-state index in [-0.39, 0.29) is 17.3 Å². The molecule has 1 amide bonds. The number of carbonyl (C=O) groups excluding carboxylic acids is 1. The molecule has 0 atom stereocenters. The number of nitro groups is 1. The first kappa shape index (κ1) is 20.3. The summed E-state index contributed by atoms with van der Waals surface area (Å²) in [7, 11) is 3.32. The molecule has 152 valence electrons. The Morgan fingerprint density at radius 1 is 1.38 bits per heavy atom. The predicted octanol–water partition coefficient (Wildman–Crippen LogP) is 2.35. The minimum Gasteiger partial charge on any atom is -0.479 e. The Balaban J connectivity index is 1.71. The van der Waals surface area contributed by atoms with E-state index >= 15 is 0 Å². The summed E-state index contributed by atoms with van der Waals surface area (Å²) < 4.78 is 8.78. The number of aromatic nitrogens is 5. The zero-order valence-corrected chi connectivity index (χ0v) is 16.8. The lowest BCUT2D eigenvalue weighted by Gasteiger charge is -2.07. The van der Waals surface area contributed by atoms with Crippen molar-refractivity contribution in [2.75, 3.05) is 18.2 Å². The van der Waals surface area contributed by atoms with Crippen LogP contribution in [-0.2, 0) is 18.4 Å². The van der Waals surface area contributed by atoms with Crippen molar-refractivity contribution in [1.29, 1.82) is 0 Å². The maximum absolute atomic E-state index is 12.3. The predicted molar refractivity (Wildman–Crippen MR) is 107 cm³/mol. The second-order valence-electron chi connectivity index (χ2n) is 5.92. The van der Waals surface area contributed by atoms with Gasteiger partial charge in [-0.25, -0.2) is 0 Å². The molecule has 2 heterocycles. The molecular weight excluding hydrogens is 398 g/mol. The lowest BCUT2D eigenvalue weighted by molar-refractivity contribution is -0.384. The standard InChI is InChI=1S/C17H19N7O4S/c1-4-23-15(13-9-22(2)21-16(13)28-3)19-20-17(23)29-10-14(25)18-11-6-5-7-12(8-11)24(26)27/h5-9H,4,10H2,1-3H3,(H,18,25). The quantitative estimate of drug-likeness (QED) is 0.336. The number of amides is 1. The second kappa shape index (κ2) is 8.73. The highest BCUT2D eigenvalue weighted by Crippen LogP contribution is 2.30. The van der Waals surface area contributed by atoms with Gasteiger partial charge < -0.3 is 14.6 Å². The zero-order valence-electron chi connectivity index (χ0n) is 16.0. The highest BCUT2D eigenvalue weighted by atomic mass is 32.2. The van der Waals surface area contributed by atoms with E-state index in [9.17, 15) is 14.9 Å². The first-order valence-electron chi connectivity index (χ1n) is 8.61. The Morgan fingerprint density at radius 2 is 2.17 bits per heavy atom. The van der Waals surface area contributed by atoms with Crippen molar-refractivity contribution in [3.63, 3.8) is 0 Å². The molecule has 0 unspecified atom stereocenters. The summed E-state index contributed by atoms with van der Waals surface area (Å²) in [5, 5.41) is 26.7. The Labute approximate surface area is 170 Å². The lowest BCUT2D eigenvalue weighted by atomic mass is 10.3. The van der Waals surface area contributed by atoms with Crippen molar-refractivity contribution in [2.45, 2.75) is 18.6 Å². The number of methoxy groups -OCH3 is 1. The van der Waals surface area contributed by atoms with Crippen LogP contribution in [0.2, 0.25) is 0 Å². The van der Waals surface area contributed by atoms with Crippen LogP contribution in [-0.4, -0.2) is 48.2 Å². The Morgan fingerprint density at radius 3 is 2.86 bits per heavy atom. The third kappa shape index (κ3) is 4.54. The van der Waals surface area contributed by atoms with Gasteiger partial charge in [0.1, 0.15) is 5.56 Å². The Kier molecular flexibility index (Phi) is 6.12. The molecular formula is C17H19N7O4S. The van der Waals surface area contributed by atoms with E-state index in [1.54, 1.807) is 24.0 Å². The zero-order chi connectivity index (χ0) is 21.0. The van der Waals surface area contributed by atoms with Crippen LogP contribution in [0.5, 0.6) is 5.88 Å². The fourth-order valence-electron chi connectivity index (χ4n) is 2.68. The summed E-state index contributed by atoms with van der Waals surface area (Å²) in [6.45, 7) is 2.54. The van der Waals surface area contributed by atoms with E-state index in [0.29, 0.717) is 34.7 Å². The molecule has 0 saturated carbocycles. The minimum atomic E-state index is -0.512. The molecule has 0 fully saturated rings. The van der Waals surface area contributed by atoms with Crippen molar-refractivity contribution in [3.8, 4) is 17.3 Å². The number of hydrogen-bond donors (Lipinski definition) is 1. The number of rotatable bonds is 8. The molecule has 2 aromatic heterocycles. The number of nitrogens with zero attached hydrogens (tertiary/aromatic N) is 6. The molecule has 12 heteroatoms. The summed E-state index contributed by atoms with van der Waals surface area (Å²) in [5.74, 6) is 0.806. The SMILES string of the molecule is CCn1c(SCC(=O)Nc2cccc([N+](=O)[O-])c2)nnc1-c1cn(C)nc1OC. The van der Waals surface area contributed by atoms with Gasteiger partial charge in [0.15, 0.2) is 11.0 Å². The molecule has 0 bridgehead atoms. The maximum atomic E-state index is 12.3. The van der Waals surface area contributed by atoms with Crippen LogP contribution in [0.4, 0.5) is 11.4 Å². The van der Waals surface area contributed by atoms with Crippen molar-refractivity contribution in [1.82, 2.24) is 24.5 Å². The van der Waals surface area contributed by atoms with Gasteiger partial charge >= 0.3 is 0 Å². The number of non-ortho nitro benzene ring substituents is 1. The van der Waals surface area contributed by atoms with E-state index in [2.05, 4.69) is 20.6 Å². The van der Waals surface area contributed by atoms with E-state index in [0.717, 1.165) is 0 Å². The summed E-state index contributed by atoms with van der Waals surface area (Å²) in [6, 6.07) is 5.78. The first-order valence-corrected chi connectivity index (χ1v) is 9.59. The maximum Gasteiger partial charge on any atom is 0.271 e. The van der Waals surface area contributed by atoms with Gasteiger partial charge in [-0.2, -0.15) is 0 Å². The number of nitrogens with one attached hydrogen (secondary N) is 1. The molecule has 1 aromatic carbocycles. The van der Waals surface area contributed by atoms with Crippen molar-refractivity contribution in [2.24, 2.45) is 7.05 Å². The minimum absolute atomic E-state index is 0.0744. The molecule has 1 N–H and O–H groups in total. The van der Waals surface area contributed by atoms with Crippen LogP contribution < -0.4 is 10.1 Å². The first-order chi connectivity index (χ1) is 13.9. The number of hydrogen-bond acceptors (Lipinski definition) is 8. The molecule has 3 rings (SSSR count). The van der Waals surface area contributed by atoms with Gasteiger partial charge in [0.2, 0.25) is 11.8 Å². The van der Waals surface area contributed by atoms with E-state index in [1.165, 1.54) is 37.1 Å². The fourth-order valence-corrected chi connectivity index (χ4v) is 3.48. The number of anilines is 1. The molecule has 11 nitrogen and oxygen atoms in total. The number of carbonyl (C=O) groups is 1. The van der Waals surface area contributed by atoms with Gasteiger partial charge in [-0.05, 0) is 13.0 Å². The third-order valence-corrected chi connectivity index (χ3v) is 4.90. The molecule has 0 spiro atoms. The summed E-state index contributed by atoms with van der Waals surface area (Å²) in [5.41, 5.74) is 0.982. The van der Waals surface area contributed by atoms with Crippen molar-refractivity contribution < 1.29 is 14.5 Å². The average Bonchev–Trinajstić information content (AvgIpc) is 3.28. The van der Waals surface area contributed by atoms with Crippen LogP contribution in [0, 0.1) is 10.1 Å². The molecule has 0 radical (unpaired) electrons. The molecule has 0 aliphatic carbocycles. The van der Waals surface area contributed by atoms with E-state index in [4.69, 9.17) is 4.74 Å². The molecule has 0 aliphatic heterocycles. The van der Waals surface area contributed by atoms with Gasteiger partial charge in [-0.3, -0.25) is 19.6 Å². The molecule has 29 heavy (non-hydrogen) atoms.